The molecule has 0 heterocycles. The smallest absolute Gasteiger partial charge is 0.126 e. The van der Waals surface area contributed by atoms with Gasteiger partial charge in [0.05, 0.1) is 0 Å². The maximum Gasteiger partial charge on any atom is 0.126 e. The van der Waals surface area contributed by atoms with Crippen LogP contribution in [0.2, 0.25) is 0 Å². The third-order valence-electron chi connectivity index (χ3n) is 6.95. The number of hydrogen-bond donors (Lipinski definition) is 0. The van der Waals surface area contributed by atoms with Crippen molar-refractivity contribution in [3.05, 3.63) is 131 Å². The summed E-state index contributed by atoms with van der Waals surface area (Å²) in [6.07, 6.45) is 0. The zero-order chi connectivity index (χ0) is 23.6. The van der Waals surface area contributed by atoms with Gasteiger partial charge in [-0.3, -0.25) is 0 Å². The number of benzene rings is 6. The molecule has 166 valence electrons. The van der Waals surface area contributed by atoms with Gasteiger partial charge in [-0.25, -0.2) is 17.6 Å². The van der Waals surface area contributed by atoms with Crippen LogP contribution >= 0.6 is 0 Å². The van der Waals surface area contributed by atoms with Crippen molar-refractivity contribution >= 4 is 32.3 Å². The first-order valence-electron chi connectivity index (χ1n) is 10.9. The fourth-order valence-electron chi connectivity index (χ4n) is 5.33. The van der Waals surface area contributed by atoms with E-state index in [0.717, 1.165) is 44.5 Å². The molecule has 0 atom stereocenters. The average molecular weight is 454 g/mol. The van der Waals surface area contributed by atoms with Crippen LogP contribution in [0.1, 0.15) is 23.6 Å². The van der Waals surface area contributed by atoms with Crippen LogP contribution in [0.15, 0.2) is 91.0 Å². The first-order chi connectivity index (χ1) is 16.3. The zero-order valence-corrected chi connectivity index (χ0v) is 18.2. The molecule has 0 bridgehead atoms. The van der Waals surface area contributed by atoms with E-state index in [-0.39, 0.29) is 11.1 Å². The minimum Gasteiger partial charge on any atom is -0.207 e. The highest BCUT2D eigenvalue weighted by Crippen LogP contribution is 2.45. The van der Waals surface area contributed by atoms with E-state index in [9.17, 15) is 17.6 Å². The van der Waals surface area contributed by atoms with E-state index in [1.807, 2.05) is 48.5 Å². The van der Waals surface area contributed by atoms with Crippen molar-refractivity contribution < 1.29 is 17.6 Å². The van der Waals surface area contributed by atoms with Crippen LogP contribution in [0.4, 0.5) is 17.6 Å². The molecule has 0 N–H and O–H groups in total. The van der Waals surface area contributed by atoms with Crippen molar-refractivity contribution in [2.24, 2.45) is 0 Å². The highest BCUT2D eigenvalue weighted by atomic mass is 19.1. The monoisotopic (exact) mass is 454 g/mol. The second-order valence-electron chi connectivity index (χ2n) is 8.91. The summed E-state index contributed by atoms with van der Waals surface area (Å²) >= 11 is 0. The van der Waals surface area contributed by atoms with Gasteiger partial charge in [-0.2, -0.15) is 0 Å². The second-order valence-corrected chi connectivity index (χ2v) is 8.91. The molecule has 4 heteroatoms. The molecule has 34 heavy (non-hydrogen) atoms. The molecular weight excluding hydrogens is 436 g/mol. The van der Waals surface area contributed by atoms with E-state index in [1.54, 1.807) is 6.92 Å². The van der Waals surface area contributed by atoms with Crippen molar-refractivity contribution in [3.63, 3.8) is 0 Å². The van der Waals surface area contributed by atoms with Crippen LogP contribution in [0.3, 0.4) is 0 Å². The minimum atomic E-state index is -1.24. The van der Waals surface area contributed by atoms with Gasteiger partial charge in [0.15, 0.2) is 0 Å². The molecule has 0 fully saturated rings. The number of hydrogen-bond acceptors (Lipinski definition) is 0. The second kappa shape index (κ2) is 7.29. The van der Waals surface area contributed by atoms with E-state index in [1.165, 1.54) is 24.3 Å². The first kappa shape index (κ1) is 20.7. The predicted octanol–water partition coefficient (Wildman–Crippen LogP) is 8.49. The summed E-state index contributed by atoms with van der Waals surface area (Å²) in [4.78, 5) is 0. The summed E-state index contributed by atoms with van der Waals surface area (Å²) in [5, 5.41) is 6.11. The van der Waals surface area contributed by atoms with E-state index >= 15 is 0 Å². The van der Waals surface area contributed by atoms with E-state index in [4.69, 9.17) is 0 Å². The lowest BCUT2D eigenvalue weighted by Gasteiger charge is -2.33. The molecule has 0 saturated heterocycles. The Labute approximate surface area is 193 Å². The molecule has 6 aromatic rings. The molecule has 0 amide bonds. The van der Waals surface area contributed by atoms with Gasteiger partial charge in [-0.05, 0) is 80.2 Å². The maximum absolute atomic E-state index is 14.4. The SMILES string of the molecule is CC(c1cc(F)cc(F)c1)(c1cc(F)cc(F)c1)c1ccc2ccc3cccc4ccc1c2c34. The van der Waals surface area contributed by atoms with Gasteiger partial charge in [-0.1, -0.05) is 54.6 Å². The fraction of sp³-hybridized carbons (Fsp3) is 0.0667. The summed E-state index contributed by atoms with van der Waals surface area (Å²) in [5.41, 5.74) is -0.00269. The van der Waals surface area contributed by atoms with E-state index in [2.05, 4.69) is 6.07 Å². The lowest BCUT2D eigenvalue weighted by Crippen LogP contribution is -2.26. The zero-order valence-electron chi connectivity index (χ0n) is 18.2. The van der Waals surface area contributed by atoms with Crippen LogP contribution in [0.25, 0.3) is 32.3 Å². The third kappa shape index (κ3) is 2.98. The molecule has 0 aromatic heterocycles. The molecule has 6 rings (SSSR count). The van der Waals surface area contributed by atoms with Gasteiger partial charge in [0.25, 0.3) is 0 Å². The molecule has 0 aliphatic carbocycles. The van der Waals surface area contributed by atoms with Gasteiger partial charge in [0.2, 0.25) is 0 Å². The Balaban J connectivity index is 1.78. The summed E-state index contributed by atoms with van der Waals surface area (Å²) < 4.78 is 57.6. The van der Waals surface area contributed by atoms with Crippen molar-refractivity contribution in [3.8, 4) is 0 Å². The van der Waals surface area contributed by atoms with Crippen LogP contribution < -0.4 is 0 Å². The topological polar surface area (TPSA) is 0 Å². The lowest BCUT2D eigenvalue weighted by atomic mass is 9.69. The average Bonchev–Trinajstić information content (AvgIpc) is 2.80. The molecule has 0 saturated carbocycles. The Kier molecular flexibility index (Phi) is 4.43. The van der Waals surface area contributed by atoms with E-state index < -0.39 is 28.7 Å². The Hall–Kier alpha value is -3.92. The normalized spacial score (nSPS) is 12.3. The Morgan fingerprint density at radius 1 is 0.500 bits per heavy atom. The van der Waals surface area contributed by atoms with Crippen LogP contribution in [-0.4, -0.2) is 0 Å². The van der Waals surface area contributed by atoms with Crippen LogP contribution in [0, 0.1) is 23.3 Å². The molecule has 0 nitrogen and oxygen atoms in total. The van der Waals surface area contributed by atoms with Crippen molar-refractivity contribution in [2.45, 2.75) is 12.3 Å². The first-order valence-corrected chi connectivity index (χ1v) is 10.9. The van der Waals surface area contributed by atoms with E-state index in [0.29, 0.717) is 5.56 Å². The minimum absolute atomic E-state index is 0.269. The van der Waals surface area contributed by atoms with Gasteiger partial charge >= 0.3 is 0 Å². The molecule has 0 spiro atoms. The Morgan fingerprint density at radius 2 is 0.941 bits per heavy atom. The largest absolute Gasteiger partial charge is 0.207 e. The molecular formula is C30H18F4. The highest BCUT2D eigenvalue weighted by molar-refractivity contribution is 6.23. The van der Waals surface area contributed by atoms with Crippen molar-refractivity contribution in [1.29, 1.82) is 0 Å². The summed E-state index contributed by atoms with van der Waals surface area (Å²) in [6, 6.07) is 24.5. The lowest BCUT2D eigenvalue weighted by molar-refractivity contribution is 0.558. The molecule has 0 aliphatic heterocycles. The fourth-order valence-corrected chi connectivity index (χ4v) is 5.33. The molecule has 0 unspecified atom stereocenters. The van der Waals surface area contributed by atoms with Gasteiger partial charge in [0, 0.05) is 17.5 Å². The highest BCUT2D eigenvalue weighted by Gasteiger charge is 2.35. The predicted molar refractivity (Wildman–Crippen MR) is 128 cm³/mol. The third-order valence-corrected chi connectivity index (χ3v) is 6.95. The maximum atomic E-state index is 14.4. The van der Waals surface area contributed by atoms with Crippen LogP contribution in [-0.2, 0) is 5.41 Å². The summed E-state index contributed by atoms with van der Waals surface area (Å²) in [7, 11) is 0. The van der Waals surface area contributed by atoms with Gasteiger partial charge < -0.3 is 0 Å². The quantitative estimate of drug-likeness (QED) is 0.143. The summed E-state index contributed by atoms with van der Waals surface area (Å²) in [5.74, 6) is -3.02. The van der Waals surface area contributed by atoms with Crippen molar-refractivity contribution in [2.75, 3.05) is 0 Å². The Bertz CT molecular complexity index is 1610. The molecule has 6 aromatic carbocycles. The van der Waals surface area contributed by atoms with Crippen LogP contribution in [0.5, 0.6) is 0 Å². The summed E-state index contributed by atoms with van der Waals surface area (Å²) in [6.45, 7) is 1.75. The standard InChI is InChI=1S/C30H18F4/c1-30(20-11-22(31)15-23(32)12-20,21-13-24(33)16-25(34)14-21)27-10-8-19-6-5-17-3-2-4-18-7-9-26(27)29(19)28(17)18/h2-16H,1H3. The number of halogens is 4. The molecule has 0 aliphatic rings. The number of rotatable bonds is 3. The van der Waals surface area contributed by atoms with Gasteiger partial charge in [-0.15, -0.1) is 0 Å². The molecule has 0 radical (unpaired) electrons. The Morgan fingerprint density at radius 3 is 1.47 bits per heavy atom. The van der Waals surface area contributed by atoms with Crippen molar-refractivity contribution in [1.82, 2.24) is 0 Å². The van der Waals surface area contributed by atoms with Gasteiger partial charge in [0.1, 0.15) is 23.3 Å².